The monoisotopic (exact) mass is 401 g/mol. The molecule has 4 N–H and O–H groups in total. The quantitative estimate of drug-likeness (QED) is 0.422. The first-order chi connectivity index (χ1) is 13.5. The van der Waals surface area contributed by atoms with E-state index in [-0.39, 0.29) is 12.1 Å². The van der Waals surface area contributed by atoms with Crippen LogP contribution in [0.5, 0.6) is 0 Å². The van der Waals surface area contributed by atoms with Gasteiger partial charge in [0.05, 0.1) is 5.52 Å². The summed E-state index contributed by atoms with van der Waals surface area (Å²) in [5.41, 5.74) is 13.8. The van der Waals surface area contributed by atoms with Gasteiger partial charge >= 0.3 is 6.09 Å². The van der Waals surface area contributed by atoms with Crippen LogP contribution in [0.4, 0.5) is 10.7 Å². The number of nitrogens with zero attached hydrogens (tertiary/aromatic N) is 3. The predicted molar refractivity (Wildman–Crippen MR) is 110 cm³/mol. The van der Waals surface area contributed by atoms with E-state index in [9.17, 15) is 4.79 Å². The van der Waals surface area contributed by atoms with E-state index in [1.807, 2.05) is 34.9 Å². The Morgan fingerprint density at radius 3 is 2.64 bits per heavy atom. The molecule has 3 rings (SSSR count). The van der Waals surface area contributed by atoms with Gasteiger partial charge in [0.2, 0.25) is 5.95 Å². The Bertz CT molecular complexity index is 944. The lowest BCUT2D eigenvalue weighted by atomic mass is 10.0. The fourth-order valence-corrected chi connectivity index (χ4v) is 3.71. The topological polar surface area (TPSA) is 109 Å². The van der Waals surface area contributed by atoms with E-state index in [1.165, 1.54) is 0 Å². The molecule has 8 heteroatoms. The van der Waals surface area contributed by atoms with E-state index in [0.717, 1.165) is 35.9 Å². The summed E-state index contributed by atoms with van der Waals surface area (Å²) in [6.07, 6.45) is 3.88. The van der Waals surface area contributed by atoms with Gasteiger partial charge in [-0.05, 0) is 37.8 Å². The fraction of sp³-hybridized carbons (Fsp3) is 0.350. The van der Waals surface area contributed by atoms with E-state index >= 15 is 0 Å². The molecule has 0 fully saturated rings. The number of nitrogen functional groups attached to an aromatic ring is 1. The van der Waals surface area contributed by atoms with Crippen LogP contribution in [-0.2, 0) is 4.74 Å². The number of anilines is 1. The minimum atomic E-state index is -0.762. The summed E-state index contributed by atoms with van der Waals surface area (Å²) in [5.74, 6) is 0.427. The number of imidazole rings is 1. The van der Waals surface area contributed by atoms with Crippen molar-refractivity contribution < 1.29 is 9.53 Å². The summed E-state index contributed by atoms with van der Waals surface area (Å²) in [4.78, 5) is 19.7. The SMILES string of the molecule is CC(CCCCC(OC(N)=O)c1ccccc1)n1c(N)nc2ccnc(Cl)c21. The molecule has 0 aliphatic heterocycles. The number of unbranched alkanes of at least 4 members (excludes halogenated alkanes) is 1. The molecule has 1 amide bonds. The van der Waals surface area contributed by atoms with Crippen molar-refractivity contribution in [1.82, 2.24) is 14.5 Å². The number of aromatic nitrogens is 3. The number of primary amides is 1. The number of carbonyl (C=O) groups excluding carboxylic acids is 1. The lowest BCUT2D eigenvalue weighted by molar-refractivity contribution is 0.0992. The third-order valence-electron chi connectivity index (χ3n) is 4.79. The second-order valence-electron chi connectivity index (χ2n) is 6.78. The van der Waals surface area contributed by atoms with Crippen LogP contribution in [0, 0.1) is 0 Å². The van der Waals surface area contributed by atoms with Crippen molar-refractivity contribution in [3.05, 3.63) is 53.3 Å². The predicted octanol–water partition coefficient (Wildman–Crippen LogP) is 4.62. The second-order valence-corrected chi connectivity index (χ2v) is 7.14. The zero-order chi connectivity index (χ0) is 20.1. The molecule has 0 spiro atoms. The van der Waals surface area contributed by atoms with Crippen molar-refractivity contribution in [2.24, 2.45) is 5.73 Å². The van der Waals surface area contributed by atoms with Crippen molar-refractivity contribution >= 4 is 34.7 Å². The highest BCUT2D eigenvalue weighted by molar-refractivity contribution is 6.33. The second kappa shape index (κ2) is 8.93. The number of nitrogens with two attached hydrogens (primary N) is 2. The average molecular weight is 402 g/mol. The van der Waals surface area contributed by atoms with E-state index in [4.69, 9.17) is 27.8 Å². The lowest BCUT2D eigenvalue weighted by Gasteiger charge is -2.19. The molecule has 0 saturated heterocycles. The standard InChI is InChI=1S/C20H24ClN5O2/c1-13(26-17-15(25-19(26)22)11-12-24-18(17)21)7-5-6-10-16(28-20(23)27)14-8-3-2-4-9-14/h2-4,8-9,11-13,16H,5-7,10H2,1H3,(H2,22,25)(H2,23,27). The summed E-state index contributed by atoms with van der Waals surface area (Å²) in [6.45, 7) is 2.08. The van der Waals surface area contributed by atoms with Crippen LogP contribution in [-0.4, -0.2) is 20.6 Å². The molecule has 3 aromatic rings. The van der Waals surface area contributed by atoms with Crippen molar-refractivity contribution in [2.45, 2.75) is 44.8 Å². The Balaban J connectivity index is 1.61. The Morgan fingerprint density at radius 2 is 1.93 bits per heavy atom. The molecule has 2 unspecified atom stereocenters. The molecular formula is C20H24ClN5O2. The molecule has 0 aliphatic rings. The summed E-state index contributed by atoms with van der Waals surface area (Å²) in [7, 11) is 0. The molecule has 0 saturated carbocycles. The zero-order valence-electron chi connectivity index (χ0n) is 15.7. The van der Waals surface area contributed by atoms with Gasteiger partial charge in [0.15, 0.2) is 5.15 Å². The number of ether oxygens (including phenoxy) is 1. The number of amides is 1. The maximum atomic E-state index is 11.2. The Kier molecular flexibility index (Phi) is 6.36. The van der Waals surface area contributed by atoms with Crippen LogP contribution in [0.25, 0.3) is 11.0 Å². The molecule has 2 aromatic heterocycles. The molecule has 2 atom stereocenters. The maximum absolute atomic E-state index is 11.2. The molecule has 2 heterocycles. The smallest absolute Gasteiger partial charge is 0.405 e. The molecule has 1 aromatic carbocycles. The lowest BCUT2D eigenvalue weighted by Crippen LogP contribution is -2.17. The highest BCUT2D eigenvalue weighted by Crippen LogP contribution is 2.30. The van der Waals surface area contributed by atoms with Gasteiger partial charge in [-0.2, -0.15) is 0 Å². The number of pyridine rings is 1. The van der Waals surface area contributed by atoms with Crippen LogP contribution < -0.4 is 11.5 Å². The molecule has 0 radical (unpaired) electrons. The van der Waals surface area contributed by atoms with Crippen LogP contribution in [0.1, 0.15) is 50.3 Å². The van der Waals surface area contributed by atoms with Gasteiger partial charge in [-0.25, -0.2) is 14.8 Å². The minimum absolute atomic E-state index is 0.110. The number of fused-ring (bicyclic) bond motifs is 1. The first kappa shape index (κ1) is 19.9. The zero-order valence-corrected chi connectivity index (χ0v) is 16.5. The fourth-order valence-electron chi connectivity index (χ4n) is 3.47. The number of halogens is 1. The number of hydrogen-bond acceptors (Lipinski definition) is 5. The highest BCUT2D eigenvalue weighted by Gasteiger charge is 2.18. The van der Waals surface area contributed by atoms with E-state index < -0.39 is 6.09 Å². The van der Waals surface area contributed by atoms with Crippen molar-refractivity contribution in [3.63, 3.8) is 0 Å². The Morgan fingerprint density at radius 1 is 1.21 bits per heavy atom. The summed E-state index contributed by atoms with van der Waals surface area (Å²) in [6, 6.07) is 11.5. The van der Waals surface area contributed by atoms with Crippen LogP contribution in [0.15, 0.2) is 42.6 Å². The molecular weight excluding hydrogens is 378 g/mol. The first-order valence-electron chi connectivity index (χ1n) is 9.26. The highest BCUT2D eigenvalue weighted by atomic mass is 35.5. The Labute approximate surface area is 168 Å². The van der Waals surface area contributed by atoms with Gasteiger partial charge in [0, 0.05) is 12.2 Å². The number of rotatable bonds is 8. The number of hydrogen-bond donors (Lipinski definition) is 2. The van der Waals surface area contributed by atoms with E-state index in [0.29, 0.717) is 17.5 Å². The normalized spacial score (nSPS) is 13.4. The van der Waals surface area contributed by atoms with Crippen LogP contribution in [0.2, 0.25) is 5.15 Å². The van der Waals surface area contributed by atoms with Gasteiger partial charge < -0.3 is 20.8 Å². The van der Waals surface area contributed by atoms with Crippen molar-refractivity contribution in [1.29, 1.82) is 0 Å². The summed E-state index contributed by atoms with van der Waals surface area (Å²) < 4.78 is 7.22. The molecule has 0 aliphatic carbocycles. The molecule has 28 heavy (non-hydrogen) atoms. The largest absolute Gasteiger partial charge is 0.442 e. The van der Waals surface area contributed by atoms with E-state index in [1.54, 1.807) is 12.3 Å². The van der Waals surface area contributed by atoms with Gasteiger partial charge in [0.25, 0.3) is 0 Å². The third-order valence-corrected chi connectivity index (χ3v) is 5.07. The van der Waals surface area contributed by atoms with Gasteiger partial charge in [-0.1, -0.05) is 48.4 Å². The molecule has 7 nitrogen and oxygen atoms in total. The third kappa shape index (κ3) is 4.54. The minimum Gasteiger partial charge on any atom is -0.442 e. The van der Waals surface area contributed by atoms with Gasteiger partial charge in [-0.3, -0.25) is 0 Å². The molecule has 0 bridgehead atoms. The number of carbonyl (C=O) groups is 1. The molecule has 148 valence electrons. The number of benzene rings is 1. The van der Waals surface area contributed by atoms with Crippen molar-refractivity contribution in [2.75, 3.05) is 5.73 Å². The Hall–Kier alpha value is -2.80. The summed E-state index contributed by atoms with van der Waals surface area (Å²) in [5, 5.41) is 0.396. The maximum Gasteiger partial charge on any atom is 0.405 e. The first-order valence-corrected chi connectivity index (χ1v) is 9.64. The van der Waals surface area contributed by atoms with E-state index in [2.05, 4.69) is 16.9 Å². The van der Waals surface area contributed by atoms with Gasteiger partial charge in [-0.15, -0.1) is 0 Å². The average Bonchev–Trinajstić information content (AvgIpc) is 3.02. The van der Waals surface area contributed by atoms with Crippen LogP contribution >= 0.6 is 11.6 Å². The van der Waals surface area contributed by atoms with Crippen molar-refractivity contribution in [3.8, 4) is 0 Å². The van der Waals surface area contributed by atoms with Crippen LogP contribution in [0.3, 0.4) is 0 Å². The van der Waals surface area contributed by atoms with Gasteiger partial charge in [0.1, 0.15) is 11.6 Å². The summed E-state index contributed by atoms with van der Waals surface area (Å²) >= 11 is 6.25.